The Hall–Kier alpha value is -3.12. The molecule has 3 aromatic rings. The number of hydrogen-bond donors (Lipinski definition) is 2. The fraction of sp³-hybridized carbons (Fsp3) is 0.304. The van der Waals surface area contributed by atoms with Crippen LogP contribution in [0.15, 0.2) is 54.7 Å². The summed E-state index contributed by atoms with van der Waals surface area (Å²) in [6.45, 7) is 3.08. The van der Waals surface area contributed by atoms with Gasteiger partial charge < -0.3 is 20.1 Å². The maximum Gasteiger partial charge on any atom is 0.319 e. The smallest absolute Gasteiger partial charge is 0.319 e. The Morgan fingerprint density at radius 2 is 2.07 bits per heavy atom. The van der Waals surface area contributed by atoms with E-state index in [1.165, 1.54) is 5.56 Å². The lowest BCUT2D eigenvalue weighted by molar-refractivity contribution is 0.182. The van der Waals surface area contributed by atoms with Crippen molar-refractivity contribution in [3.8, 4) is 5.75 Å². The van der Waals surface area contributed by atoms with Crippen LogP contribution in [-0.4, -0.2) is 37.4 Å². The third-order valence-corrected chi connectivity index (χ3v) is 5.42. The number of carbonyl (C=O) groups is 1. The van der Waals surface area contributed by atoms with Crippen LogP contribution >= 0.6 is 0 Å². The van der Waals surface area contributed by atoms with Crippen molar-refractivity contribution in [3.05, 3.63) is 65.9 Å². The van der Waals surface area contributed by atoms with E-state index in [2.05, 4.69) is 27.8 Å². The quantitative estimate of drug-likeness (QED) is 0.691. The molecule has 0 radical (unpaired) electrons. The molecular weight excluding hydrogens is 366 g/mol. The van der Waals surface area contributed by atoms with Crippen molar-refractivity contribution < 1.29 is 14.3 Å². The highest BCUT2D eigenvalue weighted by molar-refractivity contribution is 5.90. The number of fused-ring (bicyclic) bond motifs is 1. The average molecular weight is 391 g/mol. The highest BCUT2D eigenvalue weighted by Gasteiger charge is 2.30. The number of urea groups is 1. The van der Waals surface area contributed by atoms with Gasteiger partial charge in [0.2, 0.25) is 0 Å². The SMILES string of the molecule is COc1ccc(NC(=O)N[C@H]2COC[C@H]2Cc2ccnc3ccccc23)c(C)c1. The first-order chi connectivity index (χ1) is 14.1. The largest absolute Gasteiger partial charge is 0.497 e. The number of nitrogens with one attached hydrogen (secondary N) is 2. The number of hydrogen-bond acceptors (Lipinski definition) is 4. The van der Waals surface area contributed by atoms with Crippen molar-refractivity contribution in [2.24, 2.45) is 5.92 Å². The zero-order chi connectivity index (χ0) is 20.2. The van der Waals surface area contributed by atoms with Crippen LogP contribution in [0.2, 0.25) is 0 Å². The molecule has 0 saturated carbocycles. The van der Waals surface area contributed by atoms with E-state index in [4.69, 9.17) is 9.47 Å². The first kappa shape index (κ1) is 19.2. The van der Waals surface area contributed by atoms with E-state index in [1.54, 1.807) is 7.11 Å². The van der Waals surface area contributed by atoms with Gasteiger partial charge in [0.05, 0.1) is 31.9 Å². The number of rotatable bonds is 5. The van der Waals surface area contributed by atoms with Crippen LogP contribution in [0.1, 0.15) is 11.1 Å². The molecule has 2 atom stereocenters. The number of aromatic nitrogens is 1. The van der Waals surface area contributed by atoms with Crippen LogP contribution < -0.4 is 15.4 Å². The van der Waals surface area contributed by atoms with Gasteiger partial charge in [0.25, 0.3) is 0 Å². The summed E-state index contributed by atoms with van der Waals surface area (Å²) in [4.78, 5) is 17.0. The van der Waals surface area contributed by atoms with Gasteiger partial charge in [-0.05, 0) is 54.8 Å². The molecule has 2 amide bonds. The summed E-state index contributed by atoms with van der Waals surface area (Å²) in [5.41, 5.74) is 3.92. The lowest BCUT2D eigenvalue weighted by Gasteiger charge is -2.20. The van der Waals surface area contributed by atoms with Gasteiger partial charge in [-0.2, -0.15) is 0 Å². The molecule has 1 aromatic heterocycles. The summed E-state index contributed by atoms with van der Waals surface area (Å²) in [6, 6.07) is 15.5. The first-order valence-electron chi connectivity index (χ1n) is 9.76. The highest BCUT2D eigenvalue weighted by Crippen LogP contribution is 2.25. The lowest BCUT2D eigenvalue weighted by Crippen LogP contribution is -2.43. The molecule has 1 aliphatic heterocycles. The molecule has 2 aromatic carbocycles. The standard InChI is InChI=1S/C23H25N3O3/c1-15-11-18(28-2)7-8-20(15)25-23(27)26-22-14-29-13-17(22)12-16-9-10-24-21-6-4-3-5-19(16)21/h3-11,17,22H,12-14H2,1-2H3,(H2,25,26,27)/t17-,22+/m1/s1. The Morgan fingerprint density at radius 3 is 2.90 bits per heavy atom. The third-order valence-electron chi connectivity index (χ3n) is 5.42. The van der Waals surface area contributed by atoms with Gasteiger partial charge in [-0.15, -0.1) is 0 Å². The molecule has 0 unspecified atom stereocenters. The second-order valence-electron chi connectivity index (χ2n) is 7.37. The van der Waals surface area contributed by atoms with Gasteiger partial charge in [0.15, 0.2) is 0 Å². The summed E-state index contributed by atoms with van der Waals surface area (Å²) < 4.78 is 10.9. The number of nitrogens with zero attached hydrogens (tertiary/aromatic N) is 1. The number of anilines is 1. The van der Waals surface area contributed by atoms with E-state index < -0.39 is 0 Å². The second-order valence-corrected chi connectivity index (χ2v) is 7.37. The van der Waals surface area contributed by atoms with Crippen LogP contribution in [0, 0.1) is 12.8 Å². The molecule has 4 rings (SSSR count). The van der Waals surface area contributed by atoms with Crippen LogP contribution in [-0.2, 0) is 11.2 Å². The third kappa shape index (κ3) is 4.32. The average Bonchev–Trinajstić information content (AvgIpc) is 3.16. The maximum atomic E-state index is 12.6. The molecule has 6 heteroatoms. The molecule has 0 aliphatic carbocycles. The van der Waals surface area contributed by atoms with Crippen LogP contribution in [0.4, 0.5) is 10.5 Å². The molecular formula is C23H25N3O3. The number of pyridine rings is 1. The molecule has 1 aliphatic rings. The van der Waals surface area contributed by atoms with E-state index >= 15 is 0 Å². The minimum absolute atomic E-state index is 0.0412. The molecule has 0 bridgehead atoms. The number of aryl methyl sites for hydroxylation is 1. The number of para-hydroxylation sites is 1. The van der Waals surface area contributed by atoms with Crippen molar-refractivity contribution in [2.45, 2.75) is 19.4 Å². The number of carbonyl (C=O) groups excluding carboxylic acids is 1. The summed E-state index contributed by atoms with van der Waals surface area (Å²) in [5.74, 6) is 0.978. The topological polar surface area (TPSA) is 72.5 Å². The molecule has 6 nitrogen and oxygen atoms in total. The van der Waals surface area contributed by atoms with Gasteiger partial charge in [-0.25, -0.2) is 4.79 Å². The van der Waals surface area contributed by atoms with E-state index in [0.717, 1.165) is 34.3 Å². The zero-order valence-electron chi connectivity index (χ0n) is 16.6. The van der Waals surface area contributed by atoms with E-state index in [9.17, 15) is 4.79 Å². The van der Waals surface area contributed by atoms with Gasteiger partial charge in [-0.1, -0.05) is 18.2 Å². The molecule has 29 heavy (non-hydrogen) atoms. The summed E-state index contributed by atoms with van der Waals surface area (Å²) in [7, 11) is 1.63. The monoisotopic (exact) mass is 391 g/mol. The molecule has 0 spiro atoms. The van der Waals surface area contributed by atoms with Crippen molar-refractivity contribution in [1.82, 2.24) is 10.3 Å². The van der Waals surface area contributed by atoms with Gasteiger partial charge in [0, 0.05) is 23.2 Å². The van der Waals surface area contributed by atoms with Gasteiger partial charge in [-0.3, -0.25) is 4.98 Å². The number of amides is 2. The number of methoxy groups -OCH3 is 1. The van der Waals surface area contributed by atoms with Gasteiger partial charge in [0.1, 0.15) is 5.75 Å². The summed E-state index contributed by atoms with van der Waals surface area (Å²) >= 11 is 0. The number of benzene rings is 2. The minimum atomic E-state index is -0.224. The van der Waals surface area contributed by atoms with E-state index in [-0.39, 0.29) is 18.0 Å². The fourth-order valence-electron chi connectivity index (χ4n) is 3.81. The van der Waals surface area contributed by atoms with Crippen LogP contribution in [0.3, 0.4) is 0 Å². The number of ether oxygens (including phenoxy) is 2. The highest BCUT2D eigenvalue weighted by atomic mass is 16.5. The molecule has 1 fully saturated rings. The summed E-state index contributed by atoms with van der Waals surface area (Å²) in [5, 5.41) is 7.16. The van der Waals surface area contributed by atoms with Crippen molar-refractivity contribution in [3.63, 3.8) is 0 Å². The normalized spacial score (nSPS) is 18.6. The van der Waals surface area contributed by atoms with Gasteiger partial charge >= 0.3 is 6.03 Å². The fourth-order valence-corrected chi connectivity index (χ4v) is 3.81. The zero-order valence-corrected chi connectivity index (χ0v) is 16.6. The molecule has 1 saturated heterocycles. The lowest BCUT2D eigenvalue weighted by atomic mass is 9.93. The Balaban J connectivity index is 1.42. The molecule has 2 heterocycles. The molecule has 150 valence electrons. The van der Waals surface area contributed by atoms with Crippen molar-refractivity contribution >= 4 is 22.6 Å². The first-order valence-corrected chi connectivity index (χ1v) is 9.76. The predicted octanol–water partition coefficient (Wildman–Crippen LogP) is 3.93. The van der Waals surface area contributed by atoms with E-state index in [0.29, 0.717) is 13.2 Å². The van der Waals surface area contributed by atoms with Crippen molar-refractivity contribution in [2.75, 3.05) is 25.6 Å². The van der Waals surface area contributed by atoms with Crippen LogP contribution in [0.25, 0.3) is 10.9 Å². The maximum absolute atomic E-state index is 12.6. The minimum Gasteiger partial charge on any atom is -0.497 e. The summed E-state index contributed by atoms with van der Waals surface area (Å²) in [6.07, 6.45) is 2.67. The Bertz CT molecular complexity index is 1020. The van der Waals surface area contributed by atoms with Crippen molar-refractivity contribution in [1.29, 1.82) is 0 Å². The van der Waals surface area contributed by atoms with E-state index in [1.807, 2.05) is 49.5 Å². The Kier molecular flexibility index (Phi) is 5.62. The van der Waals surface area contributed by atoms with Crippen LogP contribution in [0.5, 0.6) is 5.75 Å². The second kappa shape index (κ2) is 8.49. The Morgan fingerprint density at radius 1 is 1.21 bits per heavy atom. The molecule has 2 N–H and O–H groups in total. The Labute approximate surface area is 170 Å². The predicted molar refractivity (Wildman–Crippen MR) is 113 cm³/mol.